The van der Waals surface area contributed by atoms with Crippen molar-refractivity contribution in [1.82, 2.24) is 0 Å². The Bertz CT molecular complexity index is 342. The molecule has 0 aliphatic carbocycles. The van der Waals surface area contributed by atoms with Gasteiger partial charge < -0.3 is 4.74 Å². The first-order valence-electron chi connectivity index (χ1n) is 4.72. The summed E-state index contributed by atoms with van der Waals surface area (Å²) in [4.78, 5) is 0. The van der Waals surface area contributed by atoms with Crippen LogP contribution in [0.1, 0.15) is 25.0 Å². The van der Waals surface area contributed by atoms with Gasteiger partial charge in [-0.3, -0.25) is 0 Å². The fourth-order valence-electron chi connectivity index (χ4n) is 1.43. The summed E-state index contributed by atoms with van der Waals surface area (Å²) in [7, 11) is 1.69. The molecule has 0 aliphatic heterocycles. The van der Waals surface area contributed by atoms with Crippen LogP contribution in [-0.2, 0) is 6.42 Å². The normalized spacial score (nSPS) is 10.9. The molecule has 0 amide bonds. The van der Waals surface area contributed by atoms with Gasteiger partial charge in [0.25, 0.3) is 0 Å². The van der Waals surface area contributed by atoms with E-state index in [0.717, 1.165) is 16.6 Å². The number of aryl methyl sites for hydroxylation is 1. The van der Waals surface area contributed by atoms with Crippen molar-refractivity contribution < 1.29 is 4.74 Å². The molecule has 0 fully saturated rings. The molecule has 0 saturated heterocycles. The molecule has 1 rings (SSSR count). The predicted octanol–water partition coefficient (Wildman–Crippen LogP) is 4.05. The first kappa shape index (κ1) is 11.3. The van der Waals surface area contributed by atoms with E-state index in [1.54, 1.807) is 7.11 Å². The fraction of sp³-hybridized carbons (Fsp3) is 0.333. The highest BCUT2D eigenvalue weighted by Gasteiger charge is 2.07. The number of methoxy groups -OCH3 is 1. The molecule has 0 radical (unpaired) electrons. The van der Waals surface area contributed by atoms with Crippen molar-refractivity contribution in [3.63, 3.8) is 0 Å². The van der Waals surface area contributed by atoms with Crippen LogP contribution >= 0.6 is 15.9 Å². The van der Waals surface area contributed by atoms with E-state index < -0.39 is 0 Å². The molecule has 2 heteroatoms. The van der Waals surface area contributed by atoms with Gasteiger partial charge >= 0.3 is 0 Å². The number of rotatable bonds is 3. The van der Waals surface area contributed by atoms with E-state index in [0.29, 0.717) is 0 Å². The summed E-state index contributed by atoms with van der Waals surface area (Å²) in [6, 6.07) is 4.11. The summed E-state index contributed by atoms with van der Waals surface area (Å²) in [5.41, 5.74) is 2.55. The van der Waals surface area contributed by atoms with Crippen LogP contribution < -0.4 is 4.74 Å². The summed E-state index contributed by atoms with van der Waals surface area (Å²) in [5, 5.41) is 0. The molecule has 0 spiro atoms. The number of hydrogen-bond donors (Lipinski definition) is 0. The average molecular weight is 255 g/mol. The Labute approximate surface area is 93.9 Å². The fourth-order valence-corrected chi connectivity index (χ4v) is 2.11. The van der Waals surface area contributed by atoms with Gasteiger partial charge in [0.15, 0.2) is 0 Å². The van der Waals surface area contributed by atoms with Gasteiger partial charge in [0.1, 0.15) is 5.75 Å². The van der Waals surface area contributed by atoms with Gasteiger partial charge in [-0.25, -0.2) is 0 Å². The summed E-state index contributed by atoms with van der Waals surface area (Å²) in [5.74, 6) is 0.885. The van der Waals surface area contributed by atoms with Crippen molar-refractivity contribution in [2.75, 3.05) is 7.11 Å². The third-order valence-electron chi connectivity index (χ3n) is 2.17. The van der Waals surface area contributed by atoms with Crippen LogP contribution in [0, 0.1) is 0 Å². The maximum absolute atomic E-state index is 5.25. The highest BCUT2D eigenvalue weighted by molar-refractivity contribution is 9.10. The third-order valence-corrected chi connectivity index (χ3v) is 2.99. The first-order valence-corrected chi connectivity index (χ1v) is 5.52. The van der Waals surface area contributed by atoms with Gasteiger partial charge in [-0.15, -0.1) is 0 Å². The SMILES string of the molecule is C/C=C\c1c(CC)ccc(OC)c1Br. The van der Waals surface area contributed by atoms with Crippen LogP contribution in [0.25, 0.3) is 6.08 Å². The van der Waals surface area contributed by atoms with Crippen molar-refractivity contribution >= 4 is 22.0 Å². The summed E-state index contributed by atoms with van der Waals surface area (Å²) in [6.07, 6.45) is 5.17. The van der Waals surface area contributed by atoms with Gasteiger partial charge in [0, 0.05) is 0 Å². The van der Waals surface area contributed by atoms with E-state index in [1.165, 1.54) is 11.1 Å². The van der Waals surface area contributed by atoms with Crippen LogP contribution in [-0.4, -0.2) is 7.11 Å². The van der Waals surface area contributed by atoms with Crippen molar-refractivity contribution in [3.8, 4) is 5.75 Å². The standard InChI is InChI=1S/C12H15BrO/c1-4-6-10-9(5-2)7-8-11(14-3)12(10)13/h4,6-8H,5H2,1-3H3/b6-4-. The lowest BCUT2D eigenvalue weighted by Gasteiger charge is -2.10. The van der Waals surface area contributed by atoms with Gasteiger partial charge in [-0.05, 0) is 46.5 Å². The van der Waals surface area contributed by atoms with Gasteiger partial charge in [0.2, 0.25) is 0 Å². The lowest BCUT2D eigenvalue weighted by atomic mass is 10.0. The van der Waals surface area contributed by atoms with Gasteiger partial charge in [0.05, 0.1) is 11.6 Å². The summed E-state index contributed by atoms with van der Waals surface area (Å²) < 4.78 is 6.29. The molecule has 1 aromatic rings. The number of ether oxygens (including phenoxy) is 1. The van der Waals surface area contributed by atoms with Crippen LogP contribution in [0.2, 0.25) is 0 Å². The minimum absolute atomic E-state index is 0.885. The van der Waals surface area contributed by atoms with E-state index in [1.807, 2.05) is 19.1 Å². The quantitative estimate of drug-likeness (QED) is 0.791. The Kier molecular flexibility index (Phi) is 4.21. The predicted molar refractivity (Wildman–Crippen MR) is 64.8 cm³/mol. The largest absolute Gasteiger partial charge is 0.496 e. The molecule has 0 bridgehead atoms. The number of allylic oxidation sites excluding steroid dienone is 1. The van der Waals surface area contributed by atoms with E-state index in [9.17, 15) is 0 Å². The summed E-state index contributed by atoms with van der Waals surface area (Å²) >= 11 is 3.56. The monoisotopic (exact) mass is 254 g/mol. The van der Waals surface area contributed by atoms with Gasteiger partial charge in [-0.1, -0.05) is 25.1 Å². The molecule has 0 unspecified atom stereocenters. The van der Waals surface area contributed by atoms with Crippen molar-refractivity contribution in [2.45, 2.75) is 20.3 Å². The maximum Gasteiger partial charge on any atom is 0.133 e. The number of benzene rings is 1. The van der Waals surface area contributed by atoms with Crippen LogP contribution in [0.4, 0.5) is 0 Å². The maximum atomic E-state index is 5.25. The second kappa shape index (κ2) is 5.20. The smallest absolute Gasteiger partial charge is 0.133 e. The highest BCUT2D eigenvalue weighted by atomic mass is 79.9. The molecule has 76 valence electrons. The van der Waals surface area contributed by atoms with E-state index in [2.05, 4.69) is 35.0 Å². The summed E-state index contributed by atoms with van der Waals surface area (Å²) in [6.45, 7) is 4.17. The molecule has 0 aliphatic rings. The minimum Gasteiger partial charge on any atom is -0.496 e. The minimum atomic E-state index is 0.885. The van der Waals surface area contributed by atoms with Crippen LogP contribution in [0.15, 0.2) is 22.7 Å². The first-order chi connectivity index (χ1) is 6.74. The Morgan fingerprint density at radius 1 is 1.43 bits per heavy atom. The molecular formula is C12H15BrO. The second-order valence-corrected chi connectivity index (χ2v) is 3.80. The molecule has 0 saturated carbocycles. The molecule has 14 heavy (non-hydrogen) atoms. The number of hydrogen-bond acceptors (Lipinski definition) is 1. The molecule has 0 N–H and O–H groups in total. The molecule has 0 aromatic heterocycles. The third kappa shape index (κ3) is 2.18. The van der Waals surface area contributed by atoms with E-state index in [-0.39, 0.29) is 0 Å². The molecule has 1 aromatic carbocycles. The zero-order valence-electron chi connectivity index (χ0n) is 8.80. The molecular weight excluding hydrogens is 240 g/mol. The van der Waals surface area contributed by atoms with E-state index >= 15 is 0 Å². The Balaban J connectivity index is 3.31. The Morgan fingerprint density at radius 2 is 2.14 bits per heavy atom. The second-order valence-electron chi connectivity index (χ2n) is 3.01. The number of halogens is 1. The molecule has 0 atom stereocenters. The van der Waals surface area contributed by atoms with Crippen LogP contribution in [0.5, 0.6) is 5.75 Å². The zero-order valence-corrected chi connectivity index (χ0v) is 10.4. The van der Waals surface area contributed by atoms with Crippen LogP contribution in [0.3, 0.4) is 0 Å². The Morgan fingerprint density at radius 3 is 2.64 bits per heavy atom. The molecule has 1 nitrogen and oxygen atoms in total. The zero-order chi connectivity index (χ0) is 10.6. The molecule has 0 heterocycles. The van der Waals surface area contributed by atoms with E-state index in [4.69, 9.17) is 4.74 Å². The highest BCUT2D eigenvalue weighted by Crippen LogP contribution is 2.32. The van der Waals surface area contributed by atoms with Crippen molar-refractivity contribution in [2.24, 2.45) is 0 Å². The lowest BCUT2D eigenvalue weighted by molar-refractivity contribution is 0.412. The topological polar surface area (TPSA) is 9.23 Å². The van der Waals surface area contributed by atoms with Crippen molar-refractivity contribution in [3.05, 3.63) is 33.8 Å². The van der Waals surface area contributed by atoms with Crippen molar-refractivity contribution in [1.29, 1.82) is 0 Å². The lowest BCUT2D eigenvalue weighted by Crippen LogP contribution is -1.92. The average Bonchev–Trinajstić information content (AvgIpc) is 2.21. The van der Waals surface area contributed by atoms with Gasteiger partial charge in [-0.2, -0.15) is 0 Å². The Hall–Kier alpha value is -0.760.